The van der Waals surface area contributed by atoms with Crippen LogP contribution < -0.4 is 4.90 Å². The molecule has 5 nitrogen and oxygen atoms in total. The number of amides is 2. The maximum absolute atomic E-state index is 11.7. The molecule has 0 bridgehead atoms. The van der Waals surface area contributed by atoms with Crippen LogP contribution in [-0.4, -0.2) is 21.8 Å². The quantitative estimate of drug-likeness (QED) is 0.683. The summed E-state index contributed by atoms with van der Waals surface area (Å²) < 4.78 is 0. The summed E-state index contributed by atoms with van der Waals surface area (Å²) in [6.45, 7) is 0. The first-order valence-corrected chi connectivity index (χ1v) is 7.11. The van der Waals surface area contributed by atoms with Crippen LogP contribution >= 0.6 is 0 Å². The minimum Gasteiger partial charge on any atom is -0.269 e. The van der Waals surface area contributed by atoms with Gasteiger partial charge in [-0.2, -0.15) is 0 Å². The Morgan fingerprint density at radius 2 is 1.57 bits per heavy atom. The van der Waals surface area contributed by atoms with E-state index in [0.717, 1.165) is 16.2 Å². The summed E-state index contributed by atoms with van der Waals surface area (Å²) in [5.74, 6) is -0.688. The number of aromatic nitrogens is 2. The molecule has 23 heavy (non-hydrogen) atoms. The van der Waals surface area contributed by atoms with Crippen molar-refractivity contribution in [1.29, 1.82) is 0 Å². The van der Waals surface area contributed by atoms with Crippen molar-refractivity contribution >= 4 is 28.5 Å². The highest BCUT2D eigenvalue weighted by Crippen LogP contribution is 2.24. The van der Waals surface area contributed by atoms with Gasteiger partial charge in [-0.25, -0.2) is 9.88 Å². The maximum atomic E-state index is 11.7. The molecule has 0 N–H and O–H groups in total. The fourth-order valence-electron chi connectivity index (χ4n) is 2.54. The second-order valence-corrected chi connectivity index (χ2v) is 5.14. The van der Waals surface area contributed by atoms with Gasteiger partial charge in [-0.15, -0.1) is 0 Å². The van der Waals surface area contributed by atoms with Gasteiger partial charge in [-0.3, -0.25) is 14.6 Å². The number of hydrogen-bond donors (Lipinski definition) is 0. The second-order valence-electron chi connectivity index (χ2n) is 5.14. The van der Waals surface area contributed by atoms with Gasteiger partial charge in [-0.05, 0) is 18.2 Å². The monoisotopic (exact) mass is 301 g/mol. The van der Waals surface area contributed by atoms with Gasteiger partial charge in [0.1, 0.15) is 0 Å². The Labute approximate surface area is 131 Å². The predicted molar refractivity (Wildman–Crippen MR) is 86.6 cm³/mol. The Morgan fingerprint density at radius 3 is 2.30 bits per heavy atom. The van der Waals surface area contributed by atoms with Crippen molar-refractivity contribution in [2.75, 3.05) is 4.90 Å². The zero-order valence-corrected chi connectivity index (χ0v) is 12.0. The summed E-state index contributed by atoms with van der Waals surface area (Å²) in [7, 11) is 0. The highest BCUT2D eigenvalue weighted by Gasteiger charge is 2.25. The van der Waals surface area contributed by atoms with Crippen LogP contribution in [0.25, 0.3) is 22.3 Å². The molecule has 2 aromatic carbocycles. The second kappa shape index (κ2) is 5.14. The summed E-state index contributed by atoms with van der Waals surface area (Å²) in [5.41, 5.74) is 3.61. The number of carbonyl (C=O) groups excluding carboxylic acids is 2. The maximum Gasteiger partial charge on any atom is 0.258 e. The Balaban J connectivity index is 1.77. The lowest BCUT2D eigenvalue weighted by molar-refractivity contribution is -0.119. The van der Waals surface area contributed by atoms with E-state index in [1.165, 1.54) is 12.2 Å². The molecule has 1 aliphatic heterocycles. The molecule has 1 aromatic heterocycles. The number of imide groups is 1. The highest BCUT2D eigenvalue weighted by atomic mass is 16.2. The molecule has 0 fully saturated rings. The van der Waals surface area contributed by atoms with Crippen molar-refractivity contribution in [2.24, 2.45) is 0 Å². The van der Waals surface area contributed by atoms with Crippen LogP contribution in [0.4, 0.5) is 5.69 Å². The van der Waals surface area contributed by atoms with Crippen LogP contribution in [0.2, 0.25) is 0 Å². The number of benzene rings is 2. The highest BCUT2D eigenvalue weighted by molar-refractivity contribution is 6.28. The van der Waals surface area contributed by atoms with E-state index in [0.29, 0.717) is 16.7 Å². The van der Waals surface area contributed by atoms with Crippen LogP contribution in [0.1, 0.15) is 0 Å². The van der Waals surface area contributed by atoms with Crippen LogP contribution in [-0.2, 0) is 9.59 Å². The number of fused-ring (bicyclic) bond motifs is 1. The van der Waals surface area contributed by atoms with Gasteiger partial charge in [0, 0.05) is 17.7 Å². The largest absolute Gasteiger partial charge is 0.269 e. The summed E-state index contributed by atoms with van der Waals surface area (Å²) in [5, 5.41) is 0. The van der Waals surface area contributed by atoms with Gasteiger partial charge in [0.2, 0.25) is 0 Å². The molecular weight excluding hydrogens is 290 g/mol. The normalized spacial score (nSPS) is 14.0. The average Bonchev–Trinajstić information content (AvgIpc) is 2.93. The minimum atomic E-state index is -0.344. The molecule has 2 heterocycles. The molecule has 3 aromatic rings. The number of anilines is 1. The van der Waals surface area contributed by atoms with E-state index in [9.17, 15) is 9.59 Å². The third-order valence-corrected chi connectivity index (χ3v) is 3.66. The van der Waals surface area contributed by atoms with Gasteiger partial charge in [0.05, 0.1) is 28.6 Å². The Bertz CT molecular complexity index is 946. The topological polar surface area (TPSA) is 63.2 Å². The zero-order chi connectivity index (χ0) is 15.8. The number of hydrogen-bond acceptors (Lipinski definition) is 4. The van der Waals surface area contributed by atoms with Crippen molar-refractivity contribution in [2.45, 2.75) is 0 Å². The lowest BCUT2D eigenvalue weighted by atomic mass is 10.1. The molecule has 4 rings (SSSR count). The first-order chi connectivity index (χ1) is 11.2. The molecule has 110 valence electrons. The summed E-state index contributed by atoms with van der Waals surface area (Å²) in [6.07, 6.45) is 4.21. The van der Waals surface area contributed by atoms with E-state index in [-0.39, 0.29) is 11.8 Å². The predicted octanol–water partition coefficient (Wildman–Crippen LogP) is 2.73. The third-order valence-electron chi connectivity index (χ3n) is 3.66. The van der Waals surface area contributed by atoms with Crippen molar-refractivity contribution in [1.82, 2.24) is 9.97 Å². The summed E-state index contributed by atoms with van der Waals surface area (Å²) in [4.78, 5) is 33.6. The van der Waals surface area contributed by atoms with E-state index >= 15 is 0 Å². The van der Waals surface area contributed by atoms with Gasteiger partial charge >= 0.3 is 0 Å². The standard InChI is InChI=1S/C18H11N3O2/c22-17-8-9-18(23)21(17)13-6-7-14-15(10-13)19-11-16(20-14)12-4-2-1-3-5-12/h1-11H. The number of carbonyl (C=O) groups is 2. The van der Waals surface area contributed by atoms with Gasteiger partial charge in [0.15, 0.2) is 0 Å². The SMILES string of the molecule is O=C1C=CC(=O)N1c1ccc2nc(-c3ccccc3)cnc2c1. The van der Waals surface area contributed by atoms with Gasteiger partial charge in [0.25, 0.3) is 11.8 Å². The molecule has 5 heteroatoms. The molecule has 0 atom stereocenters. The van der Waals surface area contributed by atoms with Gasteiger partial charge < -0.3 is 0 Å². The molecule has 0 saturated carbocycles. The minimum absolute atomic E-state index is 0.344. The van der Waals surface area contributed by atoms with Crippen LogP contribution in [0.15, 0.2) is 66.9 Å². The average molecular weight is 301 g/mol. The molecule has 0 unspecified atom stereocenters. The molecule has 0 spiro atoms. The molecular formula is C18H11N3O2. The molecule has 0 aliphatic carbocycles. The lowest BCUT2D eigenvalue weighted by Crippen LogP contribution is -2.29. The zero-order valence-electron chi connectivity index (χ0n) is 12.0. The first-order valence-electron chi connectivity index (χ1n) is 7.11. The van der Waals surface area contributed by atoms with Crippen molar-refractivity contribution < 1.29 is 9.59 Å². The lowest BCUT2D eigenvalue weighted by Gasteiger charge is -2.14. The molecule has 0 saturated heterocycles. The van der Waals surface area contributed by atoms with Gasteiger partial charge in [-0.1, -0.05) is 30.3 Å². The van der Waals surface area contributed by atoms with E-state index < -0.39 is 0 Å². The Hall–Kier alpha value is -3.34. The smallest absolute Gasteiger partial charge is 0.258 e. The van der Waals surface area contributed by atoms with Crippen LogP contribution in [0, 0.1) is 0 Å². The van der Waals surface area contributed by atoms with Crippen LogP contribution in [0.5, 0.6) is 0 Å². The van der Waals surface area contributed by atoms with Crippen molar-refractivity contribution in [3.8, 4) is 11.3 Å². The first kappa shape index (κ1) is 13.3. The van der Waals surface area contributed by atoms with E-state index in [4.69, 9.17) is 0 Å². The van der Waals surface area contributed by atoms with Crippen molar-refractivity contribution in [3.63, 3.8) is 0 Å². The molecule has 1 aliphatic rings. The van der Waals surface area contributed by atoms with E-state index in [1.54, 1.807) is 24.4 Å². The number of nitrogens with zero attached hydrogens (tertiary/aromatic N) is 3. The Morgan fingerprint density at radius 1 is 0.826 bits per heavy atom. The van der Waals surface area contributed by atoms with E-state index in [2.05, 4.69) is 9.97 Å². The fourth-order valence-corrected chi connectivity index (χ4v) is 2.54. The Kier molecular flexibility index (Phi) is 2.98. The van der Waals surface area contributed by atoms with Crippen LogP contribution in [0.3, 0.4) is 0 Å². The summed E-state index contributed by atoms with van der Waals surface area (Å²) in [6, 6.07) is 14.9. The third kappa shape index (κ3) is 2.28. The van der Waals surface area contributed by atoms with E-state index in [1.807, 2.05) is 30.3 Å². The molecule has 0 radical (unpaired) electrons. The molecule has 2 amide bonds. The van der Waals surface area contributed by atoms with Crippen molar-refractivity contribution in [3.05, 3.63) is 66.9 Å². The fraction of sp³-hybridized carbons (Fsp3) is 0. The number of rotatable bonds is 2. The summed E-state index contributed by atoms with van der Waals surface area (Å²) >= 11 is 0.